The van der Waals surface area contributed by atoms with Crippen molar-refractivity contribution in [1.82, 2.24) is 15.4 Å². The van der Waals surface area contributed by atoms with Crippen molar-refractivity contribution < 1.29 is 21.6 Å². The second kappa shape index (κ2) is 10.4. The van der Waals surface area contributed by atoms with E-state index < -0.39 is 21.8 Å². The molecule has 0 radical (unpaired) electrons. The van der Waals surface area contributed by atoms with Crippen LogP contribution in [0, 0.1) is 0 Å². The summed E-state index contributed by atoms with van der Waals surface area (Å²) in [6, 6.07) is 12.1. The third-order valence-corrected chi connectivity index (χ3v) is 5.50. The van der Waals surface area contributed by atoms with Crippen LogP contribution in [0.2, 0.25) is 0 Å². The van der Waals surface area contributed by atoms with Gasteiger partial charge in [-0.2, -0.15) is 13.2 Å². The maximum atomic E-state index is 12.7. The second-order valence-corrected chi connectivity index (χ2v) is 8.45. The minimum atomic E-state index is -4.36. The lowest BCUT2D eigenvalue weighted by Gasteiger charge is -2.12. The molecule has 0 amide bonds. The lowest BCUT2D eigenvalue weighted by molar-refractivity contribution is -0.137. The third-order valence-electron chi connectivity index (χ3n) is 4.16. The predicted octanol–water partition coefficient (Wildman–Crippen LogP) is 3.01. The molecule has 6 nitrogen and oxygen atoms in total. The van der Waals surface area contributed by atoms with Gasteiger partial charge in [-0.1, -0.05) is 36.4 Å². The van der Waals surface area contributed by atoms with Gasteiger partial charge in [-0.15, -0.1) is 0 Å². The molecule has 0 fully saturated rings. The van der Waals surface area contributed by atoms with Crippen molar-refractivity contribution in [3.63, 3.8) is 0 Å². The molecule has 0 saturated heterocycles. The Morgan fingerprint density at radius 3 is 2.27 bits per heavy atom. The molecule has 0 aliphatic carbocycles. The Bertz CT molecular complexity index is 959. The number of nitrogens with one attached hydrogen (secondary N) is 3. The number of sulfonamides is 1. The first-order valence-corrected chi connectivity index (χ1v) is 11.0. The van der Waals surface area contributed by atoms with Gasteiger partial charge in [0.15, 0.2) is 5.96 Å². The first-order chi connectivity index (χ1) is 14.1. The van der Waals surface area contributed by atoms with E-state index in [2.05, 4.69) is 20.3 Å². The van der Waals surface area contributed by atoms with Gasteiger partial charge in [0.25, 0.3) is 0 Å². The highest BCUT2D eigenvalue weighted by atomic mass is 32.2. The molecule has 10 heteroatoms. The van der Waals surface area contributed by atoms with Gasteiger partial charge in [0.05, 0.1) is 17.9 Å². The van der Waals surface area contributed by atoms with Crippen molar-refractivity contribution in [2.75, 3.05) is 13.6 Å². The summed E-state index contributed by atoms with van der Waals surface area (Å²) in [6.07, 6.45) is -4.36. The van der Waals surface area contributed by atoms with Gasteiger partial charge in [0.2, 0.25) is 10.0 Å². The largest absolute Gasteiger partial charge is 0.416 e. The SMILES string of the molecule is CCNC(=NCc1cccc(CS(=O)(=O)NC)c1)NCc1ccc(C(F)(F)F)cc1. The van der Waals surface area contributed by atoms with Crippen molar-refractivity contribution in [3.05, 3.63) is 70.8 Å². The van der Waals surface area contributed by atoms with E-state index in [1.54, 1.807) is 18.2 Å². The Morgan fingerprint density at radius 1 is 1.00 bits per heavy atom. The minimum absolute atomic E-state index is 0.118. The molecule has 0 atom stereocenters. The zero-order chi connectivity index (χ0) is 22.2. The van der Waals surface area contributed by atoms with Crippen molar-refractivity contribution in [1.29, 1.82) is 0 Å². The van der Waals surface area contributed by atoms with Crippen molar-refractivity contribution in [2.24, 2.45) is 4.99 Å². The number of alkyl halides is 3. The maximum Gasteiger partial charge on any atom is 0.416 e. The zero-order valence-corrected chi connectivity index (χ0v) is 17.6. The smallest absolute Gasteiger partial charge is 0.357 e. The molecule has 164 valence electrons. The fourth-order valence-electron chi connectivity index (χ4n) is 2.62. The lowest BCUT2D eigenvalue weighted by Crippen LogP contribution is -2.36. The fourth-order valence-corrected chi connectivity index (χ4v) is 3.38. The number of halogens is 3. The molecule has 0 bridgehead atoms. The van der Waals surface area contributed by atoms with Crippen LogP contribution in [0.5, 0.6) is 0 Å². The summed E-state index contributed by atoms with van der Waals surface area (Å²) in [5.41, 5.74) is 1.49. The topological polar surface area (TPSA) is 82.6 Å². The fraction of sp³-hybridized carbons (Fsp3) is 0.350. The van der Waals surface area contributed by atoms with E-state index in [1.165, 1.54) is 19.2 Å². The van der Waals surface area contributed by atoms with E-state index in [-0.39, 0.29) is 5.75 Å². The molecule has 2 aromatic carbocycles. The first kappa shape index (κ1) is 23.7. The van der Waals surface area contributed by atoms with Crippen LogP contribution < -0.4 is 15.4 Å². The van der Waals surface area contributed by atoms with Crippen LogP contribution in [-0.2, 0) is 35.0 Å². The highest BCUT2D eigenvalue weighted by Gasteiger charge is 2.29. The number of aliphatic imine (C=N–C) groups is 1. The molecule has 3 N–H and O–H groups in total. The van der Waals surface area contributed by atoms with E-state index in [9.17, 15) is 21.6 Å². The lowest BCUT2D eigenvalue weighted by atomic mass is 10.1. The van der Waals surface area contributed by atoms with E-state index >= 15 is 0 Å². The van der Waals surface area contributed by atoms with Gasteiger partial charge < -0.3 is 10.6 Å². The summed E-state index contributed by atoms with van der Waals surface area (Å²) < 4.78 is 63.7. The van der Waals surface area contributed by atoms with Gasteiger partial charge in [0, 0.05) is 13.1 Å². The van der Waals surface area contributed by atoms with Gasteiger partial charge in [-0.05, 0) is 42.8 Å². The van der Waals surface area contributed by atoms with Gasteiger partial charge in [-0.3, -0.25) is 0 Å². The minimum Gasteiger partial charge on any atom is -0.357 e. The molecular formula is C20H25F3N4O2S. The van der Waals surface area contributed by atoms with Crippen LogP contribution in [0.25, 0.3) is 0 Å². The molecule has 0 aliphatic rings. The Hall–Kier alpha value is -2.59. The summed E-state index contributed by atoms with van der Waals surface area (Å²) >= 11 is 0. The van der Waals surface area contributed by atoms with Crippen molar-refractivity contribution in [3.8, 4) is 0 Å². The molecule has 0 spiro atoms. The average molecular weight is 443 g/mol. The summed E-state index contributed by atoms with van der Waals surface area (Å²) in [5.74, 6) is 0.387. The number of nitrogens with zero attached hydrogens (tertiary/aromatic N) is 1. The molecule has 0 unspecified atom stereocenters. The normalized spacial score (nSPS) is 12.6. The maximum absolute atomic E-state index is 12.7. The Kier molecular flexibility index (Phi) is 8.24. The van der Waals surface area contributed by atoms with Crippen LogP contribution in [0.15, 0.2) is 53.5 Å². The molecule has 2 rings (SSSR count). The highest BCUT2D eigenvalue weighted by Crippen LogP contribution is 2.29. The average Bonchev–Trinajstić information content (AvgIpc) is 2.70. The molecular weight excluding hydrogens is 417 g/mol. The Balaban J connectivity index is 2.02. The number of guanidine groups is 1. The van der Waals surface area contributed by atoms with Gasteiger partial charge >= 0.3 is 6.18 Å². The molecule has 30 heavy (non-hydrogen) atoms. The van der Waals surface area contributed by atoms with E-state index in [1.807, 2.05) is 13.0 Å². The number of hydrogen-bond donors (Lipinski definition) is 3. The summed E-state index contributed by atoms with van der Waals surface area (Å²) in [7, 11) is -1.99. The van der Waals surface area contributed by atoms with Crippen LogP contribution >= 0.6 is 0 Å². The highest BCUT2D eigenvalue weighted by molar-refractivity contribution is 7.88. The van der Waals surface area contributed by atoms with Crippen LogP contribution in [0.3, 0.4) is 0 Å². The molecule has 0 heterocycles. The zero-order valence-electron chi connectivity index (χ0n) is 16.8. The van der Waals surface area contributed by atoms with Crippen LogP contribution in [0.1, 0.15) is 29.2 Å². The Morgan fingerprint density at radius 2 is 1.67 bits per heavy atom. The standard InChI is InChI=1S/C20H25F3N4O2S/c1-3-25-19(26-12-15-7-9-18(10-8-15)20(21,22)23)27-13-16-5-4-6-17(11-16)14-30(28,29)24-2/h4-11,24H,3,12-14H2,1-2H3,(H2,25,26,27). The van der Waals surface area contributed by atoms with Crippen molar-refractivity contribution >= 4 is 16.0 Å². The molecule has 0 aromatic heterocycles. The predicted molar refractivity (Wildman–Crippen MR) is 111 cm³/mol. The summed E-state index contributed by atoms with van der Waals surface area (Å²) in [6.45, 7) is 3.14. The van der Waals surface area contributed by atoms with E-state index in [0.717, 1.165) is 17.7 Å². The quantitative estimate of drug-likeness (QED) is 0.434. The van der Waals surface area contributed by atoms with Gasteiger partial charge in [0.1, 0.15) is 0 Å². The number of rotatable bonds is 8. The monoisotopic (exact) mass is 442 g/mol. The van der Waals surface area contributed by atoms with Crippen LogP contribution in [0.4, 0.5) is 13.2 Å². The summed E-state index contributed by atoms with van der Waals surface area (Å²) in [5, 5.41) is 6.15. The Labute approximate surface area is 174 Å². The first-order valence-electron chi connectivity index (χ1n) is 9.30. The molecule has 0 saturated carbocycles. The van der Waals surface area contributed by atoms with Gasteiger partial charge in [-0.25, -0.2) is 18.1 Å². The summed E-state index contributed by atoms with van der Waals surface area (Å²) in [4.78, 5) is 4.46. The van der Waals surface area contributed by atoms with E-state index in [0.29, 0.717) is 36.7 Å². The van der Waals surface area contributed by atoms with Crippen molar-refractivity contribution in [2.45, 2.75) is 31.9 Å². The molecule has 2 aromatic rings. The van der Waals surface area contributed by atoms with Crippen LogP contribution in [-0.4, -0.2) is 28.0 Å². The second-order valence-electron chi connectivity index (χ2n) is 6.53. The number of benzene rings is 2. The van der Waals surface area contributed by atoms with E-state index in [4.69, 9.17) is 0 Å². The number of hydrogen-bond acceptors (Lipinski definition) is 3. The molecule has 0 aliphatic heterocycles. The third kappa shape index (κ3) is 7.68.